The molecule has 0 aromatic heterocycles. The molecule has 1 spiro atoms. The van der Waals surface area contributed by atoms with Crippen LogP contribution in [0.3, 0.4) is 0 Å². The third-order valence-electron chi connectivity index (χ3n) is 3.56. The number of alkyl halides is 1. The van der Waals surface area contributed by atoms with Crippen molar-refractivity contribution in [3.63, 3.8) is 0 Å². The summed E-state index contributed by atoms with van der Waals surface area (Å²) >= 11 is 5.84. The van der Waals surface area contributed by atoms with E-state index in [2.05, 4.69) is 23.8 Å². The largest absolute Gasteiger partial charge is 0.305 e. The molecule has 2 aliphatic rings. The molecule has 0 aliphatic carbocycles. The van der Waals surface area contributed by atoms with Crippen molar-refractivity contribution in [1.82, 2.24) is 9.80 Å². The minimum Gasteiger partial charge on any atom is -0.305 e. The Hall–Kier alpha value is 0.210. The maximum Gasteiger partial charge on any atom is 0.0261 e. The zero-order chi connectivity index (χ0) is 10.2. The minimum absolute atomic E-state index is 0.643. The van der Waals surface area contributed by atoms with E-state index in [0.29, 0.717) is 11.3 Å². The molecule has 0 amide bonds. The Bertz CT molecular complexity index is 201. The lowest BCUT2D eigenvalue weighted by molar-refractivity contribution is 0.0299. The average Bonchev–Trinajstić information content (AvgIpc) is 2.48. The fourth-order valence-electron chi connectivity index (χ4n) is 3.03. The summed E-state index contributed by atoms with van der Waals surface area (Å²) in [6.07, 6.45) is 1.40. The first-order valence-electron chi connectivity index (χ1n) is 5.60. The molecular formula is C11H21ClN2. The van der Waals surface area contributed by atoms with E-state index in [1.165, 1.54) is 39.1 Å². The normalized spacial score (nSPS) is 29.4. The highest BCUT2D eigenvalue weighted by Gasteiger charge is 2.45. The molecule has 2 nitrogen and oxygen atoms in total. The van der Waals surface area contributed by atoms with Gasteiger partial charge >= 0.3 is 0 Å². The molecule has 14 heavy (non-hydrogen) atoms. The van der Waals surface area contributed by atoms with Gasteiger partial charge in [0.05, 0.1) is 0 Å². The Labute approximate surface area is 92.2 Å². The number of nitrogens with zero attached hydrogens (tertiary/aromatic N) is 2. The number of halogens is 1. The third kappa shape index (κ3) is 2.07. The number of rotatable bonds is 3. The maximum atomic E-state index is 5.84. The zero-order valence-electron chi connectivity index (χ0n) is 9.30. The predicted octanol–water partition coefficient (Wildman–Crippen LogP) is 1.50. The van der Waals surface area contributed by atoms with Crippen molar-refractivity contribution < 1.29 is 0 Å². The molecule has 2 saturated heterocycles. The van der Waals surface area contributed by atoms with E-state index in [9.17, 15) is 0 Å². The lowest BCUT2D eigenvalue weighted by Gasteiger charge is -2.46. The summed E-state index contributed by atoms with van der Waals surface area (Å²) in [6.45, 7) is 8.63. The molecule has 3 heteroatoms. The van der Waals surface area contributed by atoms with Gasteiger partial charge in [0.1, 0.15) is 0 Å². The van der Waals surface area contributed by atoms with Crippen LogP contribution in [0, 0.1) is 11.3 Å². The number of likely N-dealkylation sites (tertiary alicyclic amines) is 2. The van der Waals surface area contributed by atoms with E-state index < -0.39 is 0 Å². The molecular weight excluding hydrogens is 196 g/mol. The lowest BCUT2D eigenvalue weighted by atomic mass is 9.79. The SMILES string of the molecule is CC(CCl)CN1CCC2(CN(C)C2)C1. The molecule has 1 unspecified atom stereocenters. The average molecular weight is 217 g/mol. The molecule has 1 atom stereocenters. The van der Waals surface area contributed by atoms with Crippen LogP contribution < -0.4 is 0 Å². The van der Waals surface area contributed by atoms with Crippen molar-refractivity contribution in [2.75, 3.05) is 45.7 Å². The van der Waals surface area contributed by atoms with Gasteiger partial charge in [0.15, 0.2) is 0 Å². The molecule has 2 heterocycles. The molecule has 0 radical (unpaired) electrons. The second kappa shape index (κ2) is 3.99. The van der Waals surface area contributed by atoms with Crippen LogP contribution in [0.1, 0.15) is 13.3 Å². The summed E-state index contributed by atoms with van der Waals surface area (Å²) in [5.41, 5.74) is 0.654. The van der Waals surface area contributed by atoms with Gasteiger partial charge in [0.2, 0.25) is 0 Å². The lowest BCUT2D eigenvalue weighted by Crippen LogP contribution is -2.55. The van der Waals surface area contributed by atoms with Gasteiger partial charge < -0.3 is 9.80 Å². The van der Waals surface area contributed by atoms with E-state index >= 15 is 0 Å². The predicted molar refractivity (Wildman–Crippen MR) is 60.9 cm³/mol. The molecule has 0 N–H and O–H groups in total. The van der Waals surface area contributed by atoms with E-state index in [4.69, 9.17) is 11.6 Å². The van der Waals surface area contributed by atoms with Crippen LogP contribution in [0.2, 0.25) is 0 Å². The molecule has 2 aliphatic heterocycles. The Morgan fingerprint density at radius 1 is 1.36 bits per heavy atom. The van der Waals surface area contributed by atoms with Gasteiger partial charge in [0.25, 0.3) is 0 Å². The highest BCUT2D eigenvalue weighted by atomic mass is 35.5. The Balaban J connectivity index is 1.78. The topological polar surface area (TPSA) is 6.48 Å². The monoisotopic (exact) mass is 216 g/mol. The Morgan fingerprint density at radius 3 is 2.64 bits per heavy atom. The van der Waals surface area contributed by atoms with E-state index in [1.54, 1.807) is 0 Å². The molecule has 2 fully saturated rings. The first kappa shape index (κ1) is 10.7. The van der Waals surface area contributed by atoms with Crippen molar-refractivity contribution in [2.45, 2.75) is 13.3 Å². The van der Waals surface area contributed by atoms with Gasteiger partial charge in [-0.05, 0) is 25.9 Å². The second-order valence-corrected chi connectivity index (χ2v) is 5.73. The third-order valence-corrected chi connectivity index (χ3v) is 4.09. The van der Waals surface area contributed by atoms with Gasteiger partial charge in [-0.25, -0.2) is 0 Å². The fourth-order valence-corrected chi connectivity index (χ4v) is 3.13. The smallest absolute Gasteiger partial charge is 0.0261 e. The molecule has 0 saturated carbocycles. The van der Waals surface area contributed by atoms with Crippen LogP contribution >= 0.6 is 11.6 Å². The number of hydrogen-bond donors (Lipinski definition) is 0. The highest BCUT2D eigenvalue weighted by Crippen LogP contribution is 2.38. The van der Waals surface area contributed by atoms with Crippen LogP contribution in [0.4, 0.5) is 0 Å². The second-order valence-electron chi connectivity index (χ2n) is 5.42. The maximum absolute atomic E-state index is 5.84. The molecule has 2 rings (SSSR count). The van der Waals surface area contributed by atoms with Crippen LogP contribution in [-0.4, -0.2) is 55.5 Å². The Kier molecular flexibility index (Phi) is 3.06. The zero-order valence-corrected chi connectivity index (χ0v) is 10.1. The van der Waals surface area contributed by atoms with E-state index in [-0.39, 0.29) is 0 Å². The Morgan fingerprint density at radius 2 is 2.07 bits per heavy atom. The first-order valence-corrected chi connectivity index (χ1v) is 6.14. The molecule has 0 aromatic carbocycles. The summed E-state index contributed by atoms with van der Waals surface area (Å²) in [6, 6.07) is 0. The summed E-state index contributed by atoms with van der Waals surface area (Å²) in [7, 11) is 2.22. The van der Waals surface area contributed by atoms with Gasteiger partial charge in [-0.3, -0.25) is 0 Å². The molecule has 0 bridgehead atoms. The quantitative estimate of drug-likeness (QED) is 0.660. The summed E-state index contributed by atoms with van der Waals surface area (Å²) in [5, 5.41) is 0. The summed E-state index contributed by atoms with van der Waals surface area (Å²) < 4.78 is 0. The van der Waals surface area contributed by atoms with Crippen LogP contribution in [-0.2, 0) is 0 Å². The van der Waals surface area contributed by atoms with Crippen LogP contribution in [0.15, 0.2) is 0 Å². The summed E-state index contributed by atoms with van der Waals surface area (Å²) in [4.78, 5) is 5.02. The van der Waals surface area contributed by atoms with E-state index in [1.807, 2.05) is 0 Å². The van der Waals surface area contributed by atoms with E-state index in [0.717, 1.165) is 5.88 Å². The highest BCUT2D eigenvalue weighted by molar-refractivity contribution is 6.18. The molecule has 82 valence electrons. The van der Waals surface area contributed by atoms with Crippen molar-refractivity contribution in [3.8, 4) is 0 Å². The first-order chi connectivity index (χ1) is 6.63. The fraction of sp³-hybridized carbons (Fsp3) is 1.00. The van der Waals surface area contributed by atoms with Crippen LogP contribution in [0.25, 0.3) is 0 Å². The van der Waals surface area contributed by atoms with Crippen molar-refractivity contribution in [1.29, 1.82) is 0 Å². The molecule has 0 aromatic rings. The summed E-state index contributed by atoms with van der Waals surface area (Å²) in [5.74, 6) is 1.44. The van der Waals surface area contributed by atoms with Crippen molar-refractivity contribution in [3.05, 3.63) is 0 Å². The van der Waals surface area contributed by atoms with Crippen LogP contribution in [0.5, 0.6) is 0 Å². The van der Waals surface area contributed by atoms with Crippen molar-refractivity contribution in [2.24, 2.45) is 11.3 Å². The van der Waals surface area contributed by atoms with Gasteiger partial charge in [0, 0.05) is 37.5 Å². The van der Waals surface area contributed by atoms with Crippen molar-refractivity contribution >= 4 is 11.6 Å². The minimum atomic E-state index is 0.643. The van der Waals surface area contributed by atoms with Gasteiger partial charge in [-0.2, -0.15) is 0 Å². The van der Waals surface area contributed by atoms with Gasteiger partial charge in [-0.15, -0.1) is 11.6 Å². The standard InChI is InChI=1S/C11H21ClN2/c1-10(5-12)6-14-4-3-11(9-14)7-13(2)8-11/h10H,3-9H2,1-2H3. The van der Waals surface area contributed by atoms with Gasteiger partial charge in [-0.1, -0.05) is 6.92 Å². The number of hydrogen-bond acceptors (Lipinski definition) is 2.